The number of amides is 3. The summed E-state index contributed by atoms with van der Waals surface area (Å²) in [4.78, 5) is 22.6. The van der Waals surface area contributed by atoms with Crippen molar-refractivity contribution in [2.75, 3.05) is 0 Å². The molecule has 1 aromatic heterocycles. The number of nitrogens with zero attached hydrogens (tertiary/aromatic N) is 2. The normalized spacial score (nSPS) is 16.4. The third-order valence-electron chi connectivity index (χ3n) is 2.69. The monoisotopic (exact) mass is 284 g/mol. The van der Waals surface area contributed by atoms with Gasteiger partial charge in [0.15, 0.2) is 0 Å². The fraction of sp³-hybridized carbons (Fsp3) is 0.636. The summed E-state index contributed by atoms with van der Waals surface area (Å²) >= 11 is 1.15. The molecular weight excluding hydrogens is 268 g/mol. The Kier molecular flexibility index (Phi) is 4.08. The van der Waals surface area contributed by atoms with E-state index in [-0.39, 0.29) is 5.92 Å². The van der Waals surface area contributed by atoms with Gasteiger partial charge in [-0.25, -0.2) is 4.79 Å². The number of thioether (sulfide) groups is 1. The molecule has 7 nitrogen and oxygen atoms in total. The highest BCUT2D eigenvalue weighted by Crippen LogP contribution is 2.40. The second-order valence-electron chi connectivity index (χ2n) is 4.82. The lowest BCUT2D eigenvalue weighted by Crippen LogP contribution is -2.42. The minimum Gasteiger partial charge on any atom is -0.416 e. The molecule has 3 N–H and O–H groups in total. The van der Waals surface area contributed by atoms with E-state index in [2.05, 4.69) is 15.5 Å². The molecule has 1 saturated carbocycles. The minimum atomic E-state index is -0.861. The van der Waals surface area contributed by atoms with Crippen LogP contribution in [0.2, 0.25) is 0 Å². The zero-order valence-electron chi connectivity index (χ0n) is 10.8. The van der Waals surface area contributed by atoms with Gasteiger partial charge in [0.05, 0.1) is 5.25 Å². The first kappa shape index (κ1) is 13.9. The predicted molar refractivity (Wildman–Crippen MR) is 68.5 cm³/mol. The Morgan fingerprint density at radius 2 is 2.11 bits per heavy atom. The molecule has 0 radical (unpaired) electrons. The van der Waals surface area contributed by atoms with Gasteiger partial charge in [0, 0.05) is 5.92 Å². The molecule has 0 aliphatic heterocycles. The van der Waals surface area contributed by atoms with Crippen LogP contribution in [0.15, 0.2) is 9.64 Å². The van der Waals surface area contributed by atoms with Crippen molar-refractivity contribution < 1.29 is 14.0 Å². The maximum absolute atomic E-state index is 11.8. The van der Waals surface area contributed by atoms with Gasteiger partial charge >= 0.3 is 6.03 Å². The van der Waals surface area contributed by atoms with Crippen LogP contribution in [0.25, 0.3) is 0 Å². The molecule has 104 valence electrons. The van der Waals surface area contributed by atoms with Crippen molar-refractivity contribution in [3.63, 3.8) is 0 Å². The molecule has 8 heteroatoms. The Labute approximate surface area is 114 Å². The highest BCUT2D eigenvalue weighted by atomic mass is 32.2. The van der Waals surface area contributed by atoms with E-state index in [0.29, 0.717) is 17.0 Å². The first-order chi connectivity index (χ1) is 8.97. The summed E-state index contributed by atoms with van der Waals surface area (Å²) < 4.78 is 5.49. The van der Waals surface area contributed by atoms with Crippen LogP contribution in [0.4, 0.5) is 4.79 Å². The Morgan fingerprint density at radius 1 is 1.42 bits per heavy atom. The third kappa shape index (κ3) is 3.69. The zero-order chi connectivity index (χ0) is 14.0. The number of primary amides is 1. The van der Waals surface area contributed by atoms with E-state index in [1.165, 1.54) is 0 Å². The second kappa shape index (κ2) is 5.60. The fourth-order valence-corrected chi connectivity index (χ4v) is 2.43. The molecule has 0 spiro atoms. The number of hydrogen-bond acceptors (Lipinski definition) is 6. The van der Waals surface area contributed by atoms with Gasteiger partial charge in [-0.1, -0.05) is 25.6 Å². The molecule has 1 aromatic rings. The van der Waals surface area contributed by atoms with E-state index in [9.17, 15) is 9.59 Å². The van der Waals surface area contributed by atoms with Crippen molar-refractivity contribution in [1.29, 1.82) is 0 Å². The van der Waals surface area contributed by atoms with E-state index in [0.717, 1.165) is 24.6 Å². The van der Waals surface area contributed by atoms with Gasteiger partial charge in [0.1, 0.15) is 0 Å². The van der Waals surface area contributed by atoms with E-state index in [1.807, 2.05) is 13.8 Å². The molecule has 1 atom stereocenters. The summed E-state index contributed by atoms with van der Waals surface area (Å²) in [5.41, 5.74) is 4.95. The Balaban J connectivity index is 2.02. The summed E-state index contributed by atoms with van der Waals surface area (Å²) in [6.07, 6.45) is 2.14. The van der Waals surface area contributed by atoms with Crippen LogP contribution >= 0.6 is 11.8 Å². The van der Waals surface area contributed by atoms with Gasteiger partial charge in [0.25, 0.3) is 5.22 Å². The van der Waals surface area contributed by atoms with E-state index in [4.69, 9.17) is 10.2 Å². The van der Waals surface area contributed by atoms with Crippen LogP contribution in [0.5, 0.6) is 0 Å². The predicted octanol–water partition coefficient (Wildman–Crippen LogP) is 1.26. The molecule has 2 rings (SSSR count). The topological polar surface area (TPSA) is 111 Å². The van der Waals surface area contributed by atoms with Gasteiger partial charge in [-0.15, -0.1) is 10.2 Å². The standard InChI is InChI=1S/C11H16N4O3S/c1-5(2)7(8(16)13-10(12)17)19-11-15-14-9(18-11)6-3-4-6/h5-7H,3-4H2,1-2H3,(H3,12,13,16,17)/t7-/m1/s1. The maximum atomic E-state index is 11.8. The van der Waals surface area contributed by atoms with Crippen molar-refractivity contribution in [2.45, 2.75) is 43.1 Å². The number of nitrogens with one attached hydrogen (secondary N) is 1. The quantitative estimate of drug-likeness (QED) is 0.787. The van der Waals surface area contributed by atoms with Crippen LogP contribution < -0.4 is 11.1 Å². The van der Waals surface area contributed by atoms with Crippen LogP contribution in [-0.4, -0.2) is 27.4 Å². The average molecular weight is 284 g/mol. The van der Waals surface area contributed by atoms with Gasteiger partial charge < -0.3 is 10.2 Å². The summed E-state index contributed by atoms with van der Waals surface area (Å²) in [7, 11) is 0. The molecule has 1 aliphatic carbocycles. The first-order valence-electron chi connectivity index (χ1n) is 6.07. The summed E-state index contributed by atoms with van der Waals surface area (Å²) in [5, 5.41) is 9.78. The lowest BCUT2D eigenvalue weighted by Gasteiger charge is -2.16. The van der Waals surface area contributed by atoms with Gasteiger partial charge in [-0.2, -0.15) is 0 Å². The van der Waals surface area contributed by atoms with Gasteiger partial charge in [0.2, 0.25) is 11.8 Å². The summed E-state index contributed by atoms with van der Waals surface area (Å²) in [6.45, 7) is 3.74. The highest BCUT2D eigenvalue weighted by molar-refractivity contribution is 8.00. The van der Waals surface area contributed by atoms with Crippen LogP contribution in [0, 0.1) is 5.92 Å². The number of aromatic nitrogens is 2. The number of carbonyl (C=O) groups is 2. The summed E-state index contributed by atoms with van der Waals surface area (Å²) in [6, 6.07) is -0.861. The lowest BCUT2D eigenvalue weighted by atomic mass is 10.1. The van der Waals surface area contributed by atoms with Crippen molar-refractivity contribution >= 4 is 23.7 Å². The van der Waals surface area contributed by atoms with Gasteiger partial charge in [-0.05, 0) is 18.8 Å². The molecular formula is C11H16N4O3S. The van der Waals surface area contributed by atoms with Crippen LogP contribution in [0.3, 0.4) is 0 Å². The molecule has 1 fully saturated rings. The number of carbonyl (C=O) groups excluding carboxylic acids is 2. The number of imide groups is 1. The average Bonchev–Trinajstić information content (AvgIpc) is 3.05. The SMILES string of the molecule is CC(C)[C@@H](Sc1nnc(C2CC2)o1)C(=O)NC(N)=O. The Hall–Kier alpha value is -1.57. The smallest absolute Gasteiger partial charge is 0.318 e. The maximum Gasteiger partial charge on any atom is 0.318 e. The molecule has 0 bridgehead atoms. The van der Waals surface area contributed by atoms with Crippen molar-refractivity contribution in [3.05, 3.63) is 5.89 Å². The molecule has 0 saturated heterocycles. The largest absolute Gasteiger partial charge is 0.416 e. The molecule has 0 aromatic carbocycles. The van der Waals surface area contributed by atoms with E-state index < -0.39 is 17.2 Å². The Bertz CT molecular complexity index is 484. The fourth-order valence-electron chi connectivity index (χ4n) is 1.56. The van der Waals surface area contributed by atoms with Crippen LogP contribution in [-0.2, 0) is 4.79 Å². The lowest BCUT2D eigenvalue weighted by molar-refractivity contribution is -0.120. The second-order valence-corrected chi connectivity index (χ2v) is 5.91. The zero-order valence-corrected chi connectivity index (χ0v) is 11.6. The van der Waals surface area contributed by atoms with Crippen molar-refractivity contribution in [3.8, 4) is 0 Å². The number of urea groups is 1. The molecule has 1 heterocycles. The highest BCUT2D eigenvalue weighted by Gasteiger charge is 2.31. The van der Waals surface area contributed by atoms with Crippen LogP contribution in [0.1, 0.15) is 38.5 Å². The van der Waals surface area contributed by atoms with Crippen molar-refractivity contribution in [1.82, 2.24) is 15.5 Å². The number of hydrogen-bond donors (Lipinski definition) is 2. The molecule has 3 amide bonds. The molecule has 1 aliphatic rings. The van der Waals surface area contributed by atoms with E-state index >= 15 is 0 Å². The number of nitrogens with two attached hydrogens (primary N) is 1. The van der Waals surface area contributed by atoms with Crippen molar-refractivity contribution in [2.24, 2.45) is 11.7 Å². The minimum absolute atomic E-state index is 0.000579. The molecule has 19 heavy (non-hydrogen) atoms. The van der Waals surface area contributed by atoms with E-state index in [1.54, 1.807) is 0 Å². The third-order valence-corrected chi connectivity index (χ3v) is 4.07. The van der Waals surface area contributed by atoms with Gasteiger partial charge in [-0.3, -0.25) is 10.1 Å². The summed E-state index contributed by atoms with van der Waals surface area (Å²) in [5.74, 6) is 0.554. The number of rotatable bonds is 5. The first-order valence-corrected chi connectivity index (χ1v) is 6.95. The Morgan fingerprint density at radius 3 is 2.63 bits per heavy atom. The molecule has 0 unspecified atom stereocenters.